The number of benzene rings is 1. The summed E-state index contributed by atoms with van der Waals surface area (Å²) < 4.78 is 27.4. The molecular weight excluding hydrogens is 375 g/mol. The maximum atomic E-state index is 11.9. The summed E-state index contributed by atoms with van der Waals surface area (Å²) in [5.74, 6) is 0.173. The number of hydrogen-bond acceptors (Lipinski definition) is 3. The van der Waals surface area contributed by atoms with Crippen molar-refractivity contribution in [2.24, 2.45) is 0 Å². The lowest BCUT2D eigenvalue weighted by molar-refractivity contribution is 0.590. The third kappa shape index (κ3) is 7.74. The van der Waals surface area contributed by atoms with E-state index in [-0.39, 0.29) is 5.75 Å². The number of rotatable bonds is 9. The van der Waals surface area contributed by atoms with Gasteiger partial charge in [-0.2, -0.15) is 0 Å². The fourth-order valence-electron chi connectivity index (χ4n) is 1.63. The molecule has 0 saturated heterocycles. The topological polar surface area (TPSA) is 58.2 Å². The van der Waals surface area contributed by atoms with Crippen LogP contribution in [-0.4, -0.2) is 27.3 Å². The zero-order chi connectivity index (χ0) is 14.1. The molecule has 0 aliphatic carbocycles. The van der Waals surface area contributed by atoms with E-state index in [0.29, 0.717) is 12.1 Å². The number of nitrogens with one attached hydrogen (secondary N) is 2. The second-order valence-corrected chi connectivity index (χ2v) is 7.48. The first-order valence-electron chi connectivity index (χ1n) is 6.50. The molecule has 0 amide bonds. The number of sulfonamides is 1. The van der Waals surface area contributed by atoms with Crippen LogP contribution in [0.5, 0.6) is 0 Å². The molecule has 0 radical (unpaired) electrons. The summed E-state index contributed by atoms with van der Waals surface area (Å²) in [4.78, 5) is 0. The zero-order valence-electron chi connectivity index (χ0n) is 11.2. The lowest BCUT2D eigenvalue weighted by Crippen LogP contribution is -2.19. The van der Waals surface area contributed by atoms with Crippen molar-refractivity contribution in [3.63, 3.8) is 0 Å². The number of unbranched alkanes of at least 4 members (excludes halogenated alkanes) is 1. The number of hydrogen-bond donors (Lipinski definition) is 2. The van der Waals surface area contributed by atoms with Crippen LogP contribution in [0.2, 0.25) is 0 Å². The van der Waals surface area contributed by atoms with E-state index in [0.717, 1.165) is 29.5 Å². The van der Waals surface area contributed by atoms with Crippen LogP contribution < -0.4 is 10.0 Å². The van der Waals surface area contributed by atoms with Crippen LogP contribution >= 0.6 is 22.6 Å². The summed E-state index contributed by atoms with van der Waals surface area (Å²) in [6, 6.07) is 7.36. The van der Waals surface area contributed by atoms with Crippen LogP contribution in [0.1, 0.15) is 26.2 Å². The minimum atomic E-state index is -3.23. The zero-order valence-corrected chi connectivity index (χ0v) is 14.1. The first-order valence-corrected chi connectivity index (χ1v) is 9.23. The average molecular weight is 396 g/mol. The number of halogens is 1. The molecule has 0 saturated carbocycles. The smallest absolute Gasteiger partial charge is 0.232 e. The van der Waals surface area contributed by atoms with Gasteiger partial charge in [0.2, 0.25) is 10.0 Å². The van der Waals surface area contributed by atoms with Gasteiger partial charge in [0.05, 0.1) is 5.75 Å². The minimum absolute atomic E-state index is 0.173. The van der Waals surface area contributed by atoms with Gasteiger partial charge in [-0.1, -0.05) is 13.0 Å². The predicted molar refractivity (Wildman–Crippen MR) is 89.0 cm³/mol. The average Bonchev–Trinajstić information content (AvgIpc) is 2.33. The number of anilines is 1. The quantitative estimate of drug-likeness (QED) is 0.499. The maximum Gasteiger partial charge on any atom is 0.232 e. The molecular formula is C13H21IN2O2S. The van der Waals surface area contributed by atoms with E-state index in [2.05, 4.69) is 39.6 Å². The lowest BCUT2D eigenvalue weighted by atomic mass is 10.3. The Labute approximate surface area is 129 Å². The fraction of sp³-hybridized carbons (Fsp3) is 0.538. The summed E-state index contributed by atoms with van der Waals surface area (Å²) in [6.07, 6.45) is 2.66. The molecule has 0 spiro atoms. The summed E-state index contributed by atoms with van der Waals surface area (Å²) in [7, 11) is -3.23. The molecule has 19 heavy (non-hydrogen) atoms. The maximum absolute atomic E-state index is 11.9. The highest BCUT2D eigenvalue weighted by atomic mass is 127. The minimum Gasteiger partial charge on any atom is -0.317 e. The van der Waals surface area contributed by atoms with Crippen molar-refractivity contribution in [2.75, 3.05) is 23.6 Å². The Hall–Kier alpha value is -0.340. The van der Waals surface area contributed by atoms with Crippen molar-refractivity contribution in [3.05, 3.63) is 27.8 Å². The lowest BCUT2D eigenvalue weighted by Gasteiger charge is -2.08. The SMILES string of the molecule is CCCNCCCCS(=O)(=O)Nc1cccc(I)c1. The Kier molecular flexibility index (Phi) is 7.70. The van der Waals surface area contributed by atoms with E-state index in [9.17, 15) is 8.42 Å². The normalized spacial score (nSPS) is 11.5. The van der Waals surface area contributed by atoms with Crippen LogP contribution in [0.25, 0.3) is 0 Å². The standard InChI is InChI=1S/C13H21IN2O2S/c1-2-8-15-9-3-4-10-19(17,18)16-13-7-5-6-12(14)11-13/h5-7,11,15-16H,2-4,8-10H2,1H3. The molecule has 2 N–H and O–H groups in total. The van der Waals surface area contributed by atoms with Crippen LogP contribution in [0.3, 0.4) is 0 Å². The van der Waals surface area contributed by atoms with Crippen LogP contribution in [-0.2, 0) is 10.0 Å². The highest BCUT2D eigenvalue weighted by molar-refractivity contribution is 14.1. The molecule has 0 unspecified atom stereocenters. The predicted octanol–water partition coefficient (Wildman–Crippen LogP) is 2.81. The highest BCUT2D eigenvalue weighted by Crippen LogP contribution is 2.14. The Morgan fingerprint density at radius 3 is 2.68 bits per heavy atom. The van der Waals surface area contributed by atoms with Gasteiger partial charge in [-0.25, -0.2) is 8.42 Å². The van der Waals surface area contributed by atoms with E-state index >= 15 is 0 Å². The molecule has 1 aromatic rings. The van der Waals surface area contributed by atoms with Crippen LogP contribution in [0.15, 0.2) is 24.3 Å². The summed E-state index contributed by atoms with van der Waals surface area (Å²) in [5, 5.41) is 3.26. The van der Waals surface area contributed by atoms with Gasteiger partial charge in [0.1, 0.15) is 0 Å². The summed E-state index contributed by atoms with van der Waals surface area (Å²) in [6.45, 7) is 3.99. The molecule has 0 bridgehead atoms. The van der Waals surface area contributed by atoms with Gasteiger partial charge in [-0.05, 0) is 73.1 Å². The van der Waals surface area contributed by atoms with Crippen molar-refractivity contribution in [1.82, 2.24) is 5.32 Å². The second-order valence-electron chi connectivity index (χ2n) is 4.39. The van der Waals surface area contributed by atoms with E-state index in [4.69, 9.17) is 0 Å². The summed E-state index contributed by atoms with van der Waals surface area (Å²) in [5.41, 5.74) is 0.635. The molecule has 0 fully saturated rings. The molecule has 6 heteroatoms. The van der Waals surface area contributed by atoms with E-state index in [1.807, 2.05) is 18.2 Å². The second kappa shape index (κ2) is 8.76. The van der Waals surface area contributed by atoms with E-state index in [1.165, 1.54) is 0 Å². The van der Waals surface area contributed by atoms with Crippen molar-refractivity contribution < 1.29 is 8.42 Å². The fourth-order valence-corrected chi connectivity index (χ4v) is 3.34. The van der Waals surface area contributed by atoms with Gasteiger partial charge < -0.3 is 5.32 Å². The Morgan fingerprint density at radius 2 is 2.00 bits per heavy atom. The first-order chi connectivity index (χ1) is 9.03. The van der Waals surface area contributed by atoms with Gasteiger partial charge in [0, 0.05) is 9.26 Å². The summed E-state index contributed by atoms with van der Waals surface area (Å²) >= 11 is 2.16. The Bertz CT molecular complexity index is 477. The van der Waals surface area contributed by atoms with Crippen molar-refractivity contribution in [2.45, 2.75) is 26.2 Å². The third-order valence-electron chi connectivity index (χ3n) is 2.54. The van der Waals surface area contributed by atoms with Gasteiger partial charge in [0.15, 0.2) is 0 Å². The molecule has 0 aliphatic heterocycles. The van der Waals surface area contributed by atoms with Gasteiger partial charge in [0.25, 0.3) is 0 Å². The molecule has 0 atom stereocenters. The molecule has 108 valence electrons. The molecule has 0 aliphatic rings. The van der Waals surface area contributed by atoms with E-state index < -0.39 is 10.0 Å². The van der Waals surface area contributed by atoms with Gasteiger partial charge in [-0.3, -0.25) is 4.72 Å². The van der Waals surface area contributed by atoms with Crippen molar-refractivity contribution >= 4 is 38.3 Å². The van der Waals surface area contributed by atoms with Crippen LogP contribution in [0, 0.1) is 3.57 Å². The van der Waals surface area contributed by atoms with Crippen molar-refractivity contribution in [3.8, 4) is 0 Å². The molecule has 1 rings (SSSR count). The van der Waals surface area contributed by atoms with Gasteiger partial charge >= 0.3 is 0 Å². The first kappa shape index (κ1) is 16.7. The molecule has 1 aromatic carbocycles. The van der Waals surface area contributed by atoms with Crippen molar-refractivity contribution in [1.29, 1.82) is 0 Å². The Morgan fingerprint density at radius 1 is 1.21 bits per heavy atom. The molecule has 0 heterocycles. The third-order valence-corrected chi connectivity index (χ3v) is 4.59. The van der Waals surface area contributed by atoms with Gasteiger partial charge in [-0.15, -0.1) is 0 Å². The Balaban J connectivity index is 2.32. The van der Waals surface area contributed by atoms with Crippen LogP contribution in [0.4, 0.5) is 5.69 Å². The monoisotopic (exact) mass is 396 g/mol. The van der Waals surface area contributed by atoms with E-state index in [1.54, 1.807) is 6.07 Å². The highest BCUT2D eigenvalue weighted by Gasteiger charge is 2.09. The molecule has 0 aromatic heterocycles. The largest absolute Gasteiger partial charge is 0.317 e. The molecule has 4 nitrogen and oxygen atoms in total.